The summed E-state index contributed by atoms with van der Waals surface area (Å²) in [6.07, 6.45) is 0. The predicted molar refractivity (Wildman–Crippen MR) is 405 cm³/mol. The third kappa shape index (κ3) is 14.6. The molecule has 2 aliphatic heterocycles. The molecule has 0 saturated carbocycles. The number of nitrogens with two attached hydrogens (primary N) is 1. The molecule has 0 radical (unpaired) electrons. The van der Waals surface area contributed by atoms with Gasteiger partial charge in [-0.2, -0.15) is 0 Å². The van der Waals surface area contributed by atoms with Crippen molar-refractivity contribution in [2.45, 2.75) is 0 Å². The normalized spacial score (nSPS) is 12.0. The Hall–Kier alpha value is -10.9. The molecule has 14 aromatic rings. The summed E-state index contributed by atoms with van der Waals surface area (Å²) in [7, 11) is -4.44. The molecule has 2 heterocycles. The van der Waals surface area contributed by atoms with Gasteiger partial charge in [0.05, 0.1) is 27.9 Å². The SMILES string of the molecule is Nc1cccc([P+](c2ccccc2)(c2ccccc2)c2ccccc2)c1.O=C1OC(=O)c2cc(Oc3ccc(-c4ccccc4)cc3)ccc21.O=C1c2ccc(Oc3ccc(-c4ccccc4)cc3)cc2C(=O)N1c1cccc([P+](c2ccccc2)(c2ccccc2)c2ccccc2)c1.[I-].[I-]. The zero-order chi connectivity index (χ0) is 67.6. The minimum Gasteiger partial charge on any atom is -1.00 e. The maximum Gasteiger partial charge on any atom is 0.347 e. The second-order valence-electron chi connectivity index (χ2n) is 23.5. The van der Waals surface area contributed by atoms with Gasteiger partial charge >= 0.3 is 11.9 Å². The summed E-state index contributed by atoms with van der Waals surface area (Å²) in [5.41, 5.74) is 13.2. The molecule has 0 unspecified atom stereocenters. The molecule has 2 amide bonds. The van der Waals surface area contributed by atoms with Crippen LogP contribution in [0.3, 0.4) is 0 Å². The minimum absolute atomic E-state index is 0. The summed E-state index contributed by atoms with van der Waals surface area (Å²) >= 11 is 0. The van der Waals surface area contributed by atoms with Gasteiger partial charge in [0.2, 0.25) is 0 Å². The van der Waals surface area contributed by atoms with Gasteiger partial charge in [-0.25, -0.2) is 14.5 Å². The van der Waals surface area contributed by atoms with E-state index in [1.807, 2.05) is 140 Å². The maximum atomic E-state index is 14.0. The molecular weight excluding hydrogens is 1510 g/mol. The lowest BCUT2D eigenvalue weighted by atomic mass is 10.1. The first-order valence-electron chi connectivity index (χ1n) is 32.3. The van der Waals surface area contributed by atoms with E-state index < -0.39 is 26.5 Å². The summed E-state index contributed by atoms with van der Waals surface area (Å²) in [6, 6.07) is 126. The molecule has 13 heteroatoms. The average molecular weight is 1580 g/mol. The van der Waals surface area contributed by atoms with Crippen LogP contribution in [-0.4, -0.2) is 23.8 Å². The van der Waals surface area contributed by atoms with Crippen molar-refractivity contribution in [1.82, 2.24) is 0 Å². The Bertz CT molecular complexity index is 4990. The summed E-state index contributed by atoms with van der Waals surface area (Å²) < 4.78 is 16.5. The number of amides is 2. The quantitative estimate of drug-likeness (QED) is 0.0269. The topological polar surface area (TPSA) is 125 Å². The smallest absolute Gasteiger partial charge is 0.347 e. The number of rotatable bonds is 15. The molecule has 9 nitrogen and oxygen atoms in total. The molecule has 0 fully saturated rings. The highest BCUT2D eigenvalue weighted by Gasteiger charge is 2.50. The minimum atomic E-state index is -2.43. The second-order valence-corrected chi connectivity index (χ2v) is 30.3. The third-order valence-electron chi connectivity index (χ3n) is 17.5. The number of nitrogens with zero attached hydrogens (tertiary/aromatic N) is 1. The van der Waals surface area contributed by atoms with E-state index in [1.54, 1.807) is 24.3 Å². The number of esters is 2. The van der Waals surface area contributed by atoms with Gasteiger partial charge in [-0.15, -0.1) is 0 Å². The van der Waals surface area contributed by atoms with E-state index in [-0.39, 0.29) is 70.9 Å². The standard InChI is InChI=1S/C44H31NO3P.C24H21NP.C20H12O4.2HI/c46-43-41-29-28-36(48-35-26-24-33(25-27-35)32-14-5-1-6-15-32)31-42(41)44(47)45(43)34-16-13-23-40(30-34)49(37-17-7-2-8-18-37,38-19-9-3-10-20-38)39-21-11-4-12-22-39;25-20-11-10-18-24(19-20)26(21-12-4-1-5-13-21,22-14-6-2-7-15-22)23-16-8-3-9-17-23;21-19-17-11-10-16(12-18(17)20(22)24-19)23-15-8-6-14(7-9-15)13-4-2-1-3-5-13;;/h1-31H;1-19H,25H2;1-12H;2*1H/q2*+1;;;/p-2. The molecule has 0 saturated heterocycles. The molecule has 0 atom stereocenters. The first-order chi connectivity index (χ1) is 48.6. The van der Waals surface area contributed by atoms with Crippen LogP contribution in [0.15, 0.2) is 376 Å². The van der Waals surface area contributed by atoms with Crippen LogP contribution in [0.4, 0.5) is 11.4 Å². The first-order valence-corrected chi connectivity index (χ1v) is 35.9. The number of benzene rings is 14. The highest BCUT2D eigenvalue weighted by Crippen LogP contribution is 2.56. The summed E-state index contributed by atoms with van der Waals surface area (Å²) in [4.78, 5) is 52.2. The molecular formula is C88H64I2N2O7P2. The van der Waals surface area contributed by atoms with Crippen LogP contribution in [-0.2, 0) is 4.74 Å². The van der Waals surface area contributed by atoms with Crippen LogP contribution in [0.25, 0.3) is 22.3 Å². The highest BCUT2D eigenvalue weighted by atomic mass is 127. The molecule has 0 aliphatic carbocycles. The van der Waals surface area contributed by atoms with Gasteiger partial charge in [-0.1, -0.05) is 206 Å². The molecule has 2 aliphatic rings. The van der Waals surface area contributed by atoms with Crippen LogP contribution in [0.5, 0.6) is 23.0 Å². The lowest BCUT2D eigenvalue weighted by Crippen LogP contribution is -3.00. The Balaban J connectivity index is 0.000000156. The van der Waals surface area contributed by atoms with Crippen molar-refractivity contribution in [3.63, 3.8) is 0 Å². The number of hydrogen-bond donors (Lipinski definition) is 1. The number of carbonyl (C=O) groups excluding carboxylic acids is 4. The number of anilines is 2. The number of imide groups is 1. The molecule has 14 aromatic carbocycles. The number of cyclic esters (lactones) is 2. The number of fused-ring (bicyclic) bond motifs is 2. The Morgan fingerprint density at radius 3 is 0.941 bits per heavy atom. The van der Waals surface area contributed by atoms with E-state index in [4.69, 9.17) is 15.2 Å². The lowest BCUT2D eigenvalue weighted by molar-refractivity contribution is -0.00100. The summed E-state index contributed by atoms with van der Waals surface area (Å²) in [6.45, 7) is 0. The van der Waals surface area contributed by atoms with Crippen molar-refractivity contribution >= 4 is 92.1 Å². The van der Waals surface area contributed by atoms with Crippen molar-refractivity contribution < 1.29 is 81.3 Å². The van der Waals surface area contributed by atoms with Crippen molar-refractivity contribution in [2.24, 2.45) is 0 Å². The van der Waals surface area contributed by atoms with Gasteiger partial charge in [0.15, 0.2) is 0 Å². The monoisotopic (exact) mass is 1580 g/mol. The van der Waals surface area contributed by atoms with Crippen LogP contribution in [0, 0.1) is 0 Å². The Morgan fingerprint density at radius 1 is 0.257 bits per heavy atom. The van der Waals surface area contributed by atoms with Gasteiger partial charge in [-0.05, 0) is 180 Å². The van der Waals surface area contributed by atoms with Crippen molar-refractivity contribution in [1.29, 1.82) is 0 Å². The first kappa shape index (κ1) is 70.0. The van der Waals surface area contributed by atoms with Crippen LogP contribution >= 0.6 is 14.5 Å². The molecule has 0 spiro atoms. The Kier molecular flexibility index (Phi) is 22.1. The molecule has 0 aromatic heterocycles. The fraction of sp³-hybridized carbons (Fsp3) is 0. The number of hydrogen-bond acceptors (Lipinski definition) is 8. The molecule has 101 heavy (non-hydrogen) atoms. The van der Waals surface area contributed by atoms with E-state index >= 15 is 0 Å². The predicted octanol–water partition coefficient (Wildman–Crippen LogP) is 10.9. The molecule has 2 N–H and O–H groups in total. The number of carbonyl (C=O) groups is 4. The second kappa shape index (κ2) is 31.9. The Morgan fingerprint density at radius 2 is 0.554 bits per heavy atom. The molecule has 0 bridgehead atoms. The third-order valence-corrected chi connectivity index (χ3v) is 26.0. The fourth-order valence-electron chi connectivity index (χ4n) is 12.9. The zero-order valence-electron chi connectivity index (χ0n) is 54.3. The van der Waals surface area contributed by atoms with E-state index in [2.05, 4.69) is 205 Å². The average Bonchev–Trinajstić information content (AvgIpc) is 1.13. The van der Waals surface area contributed by atoms with Crippen LogP contribution in [0.2, 0.25) is 0 Å². The van der Waals surface area contributed by atoms with E-state index in [1.165, 1.54) is 54.2 Å². The van der Waals surface area contributed by atoms with E-state index in [9.17, 15) is 19.2 Å². The van der Waals surface area contributed by atoms with E-state index in [0.717, 1.165) is 33.2 Å². The Labute approximate surface area is 622 Å². The van der Waals surface area contributed by atoms with Crippen molar-refractivity contribution in [2.75, 3.05) is 10.6 Å². The number of ether oxygens (including phenoxy) is 3. The number of nitrogen functional groups attached to an aromatic ring is 1. The molecule has 16 rings (SSSR count). The summed E-state index contributed by atoms with van der Waals surface area (Å²) in [5.74, 6) is 0.284. The largest absolute Gasteiger partial charge is 1.00 e. The van der Waals surface area contributed by atoms with Gasteiger partial charge in [0.25, 0.3) is 11.8 Å². The fourth-order valence-corrected chi connectivity index (χ4v) is 21.5. The van der Waals surface area contributed by atoms with Crippen molar-refractivity contribution in [3.8, 4) is 45.3 Å². The number of halogens is 2. The lowest BCUT2D eigenvalue weighted by Gasteiger charge is -2.28. The van der Waals surface area contributed by atoms with Gasteiger partial charge in [0, 0.05) is 17.8 Å². The highest BCUT2D eigenvalue weighted by molar-refractivity contribution is 8.02. The van der Waals surface area contributed by atoms with Crippen LogP contribution < -0.4 is 110 Å². The van der Waals surface area contributed by atoms with E-state index in [0.29, 0.717) is 39.8 Å². The molecule has 492 valence electrons. The van der Waals surface area contributed by atoms with Gasteiger partial charge < -0.3 is 67.9 Å². The van der Waals surface area contributed by atoms with Crippen LogP contribution in [0.1, 0.15) is 41.4 Å². The van der Waals surface area contributed by atoms with Gasteiger partial charge in [0.1, 0.15) is 80.0 Å². The zero-order valence-corrected chi connectivity index (χ0v) is 60.4. The van der Waals surface area contributed by atoms with Gasteiger partial charge in [-0.3, -0.25) is 9.59 Å². The maximum absolute atomic E-state index is 14.0. The summed E-state index contributed by atoms with van der Waals surface area (Å²) in [5, 5.41) is 9.89. The van der Waals surface area contributed by atoms with Crippen molar-refractivity contribution in [3.05, 3.63) is 398 Å².